The minimum absolute atomic E-state index is 0.00552. The number of rotatable bonds is 8. The summed E-state index contributed by atoms with van der Waals surface area (Å²) in [5.41, 5.74) is 4.89. The van der Waals surface area contributed by atoms with Gasteiger partial charge in [0.1, 0.15) is 5.41 Å². The van der Waals surface area contributed by atoms with Gasteiger partial charge in [0.25, 0.3) is 0 Å². The number of nitrogens with two attached hydrogens (primary N) is 1. The Balaban J connectivity index is 2.79. The molecule has 1 fully saturated rings. The third-order valence-electron chi connectivity index (χ3n) is 4.26. The fraction of sp³-hybridized carbons (Fsp3) is 0.867. The molecule has 1 aliphatic rings. The van der Waals surface area contributed by atoms with Crippen LogP contribution in [-0.2, 0) is 9.53 Å². The molecule has 21 heavy (non-hydrogen) atoms. The van der Waals surface area contributed by atoms with Crippen LogP contribution in [0, 0.1) is 5.41 Å². The van der Waals surface area contributed by atoms with Gasteiger partial charge in [-0.15, -0.1) is 0 Å². The predicted molar refractivity (Wildman–Crippen MR) is 82.3 cm³/mol. The van der Waals surface area contributed by atoms with E-state index in [-0.39, 0.29) is 17.8 Å². The van der Waals surface area contributed by atoms with Crippen LogP contribution in [-0.4, -0.2) is 36.2 Å². The van der Waals surface area contributed by atoms with Crippen LogP contribution in [0.2, 0.25) is 0 Å². The van der Waals surface area contributed by atoms with Crippen molar-refractivity contribution >= 4 is 11.7 Å². The van der Waals surface area contributed by atoms with E-state index < -0.39 is 5.41 Å². The van der Waals surface area contributed by atoms with Crippen LogP contribution in [0.15, 0.2) is 5.16 Å². The number of carbonyl (C=O) groups excluding carboxylic acids is 1. The quantitative estimate of drug-likeness (QED) is 0.276. The topological polar surface area (TPSA) is 96.9 Å². The van der Waals surface area contributed by atoms with Gasteiger partial charge in [0.05, 0.1) is 0 Å². The minimum atomic E-state index is -0.925. The highest BCUT2D eigenvalue weighted by atomic mass is 16.5. The number of oxime groups is 1. The predicted octanol–water partition coefficient (Wildman–Crippen LogP) is 2.00. The van der Waals surface area contributed by atoms with Crippen LogP contribution in [0.5, 0.6) is 0 Å². The maximum absolute atomic E-state index is 12.7. The van der Waals surface area contributed by atoms with E-state index in [1.54, 1.807) is 0 Å². The average molecular weight is 299 g/mol. The van der Waals surface area contributed by atoms with Crippen molar-refractivity contribution in [3.8, 4) is 0 Å². The van der Waals surface area contributed by atoms with E-state index >= 15 is 0 Å². The van der Waals surface area contributed by atoms with Crippen LogP contribution < -0.4 is 11.1 Å². The van der Waals surface area contributed by atoms with E-state index in [1.807, 2.05) is 0 Å². The highest BCUT2D eigenvalue weighted by Crippen LogP contribution is 2.31. The molecule has 0 saturated carbocycles. The van der Waals surface area contributed by atoms with Gasteiger partial charge >= 0.3 is 0 Å². The monoisotopic (exact) mass is 299 g/mol. The summed E-state index contributed by atoms with van der Waals surface area (Å²) in [6.07, 6.45) is 6.06. The van der Waals surface area contributed by atoms with Crippen LogP contribution >= 0.6 is 0 Å². The number of amides is 1. The second-order valence-corrected chi connectivity index (χ2v) is 5.78. The van der Waals surface area contributed by atoms with Crippen molar-refractivity contribution in [3.05, 3.63) is 0 Å². The molecule has 0 bridgehead atoms. The Kier molecular flexibility index (Phi) is 7.50. The summed E-state index contributed by atoms with van der Waals surface area (Å²) in [5, 5.41) is 15.2. The Bertz CT molecular complexity index is 352. The molecular formula is C15H29N3O3. The molecule has 1 atom stereocenters. The van der Waals surface area contributed by atoms with Crippen LogP contribution in [0.1, 0.15) is 58.8 Å². The van der Waals surface area contributed by atoms with Crippen molar-refractivity contribution in [3.63, 3.8) is 0 Å². The number of carbonyl (C=O) groups is 1. The first kappa shape index (κ1) is 17.8. The summed E-state index contributed by atoms with van der Waals surface area (Å²) in [4.78, 5) is 12.7. The maximum atomic E-state index is 12.7. The molecule has 0 spiro atoms. The fourth-order valence-electron chi connectivity index (χ4n) is 2.83. The van der Waals surface area contributed by atoms with Gasteiger partial charge in [0, 0.05) is 19.3 Å². The Morgan fingerprint density at radius 3 is 2.52 bits per heavy atom. The number of ether oxygens (including phenoxy) is 1. The molecule has 1 aliphatic heterocycles. The Labute approximate surface area is 127 Å². The maximum Gasteiger partial charge on any atom is 0.234 e. The van der Waals surface area contributed by atoms with Crippen LogP contribution in [0.4, 0.5) is 0 Å². The molecule has 0 aromatic heterocycles. The highest BCUT2D eigenvalue weighted by molar-refractivity contribution is 6.06. The van der Waals surface area contributed by atoms with Gasteiger partial charge in [-0.2, -0.15) is 0 Å². The Hall–Kier alpha value is -1.30. The third-order valence-corrected chi connectivity index (χ3v) is 4.26. The Morgan fingerprint density at radius 1 is 1.33 bits per heavy atom. The average Bonchev–Trinajstić information content (AvgIpc) is 2.52. The van der Waals surface area contributed by atoms with Gasteiger partial charge < -0.3 is 21.0 Å². The number of nitrogens with zero attached hydrogens (tertiary/aromatic N) is 1. The lowest BCUT2D eigenvalue weighted by Crippen LogP contribution is -2.54. The number of hydrogen-bond donors (Lipinski definition) is 3. The molecule has 1 unspecified atom stereocenters. The molecule has 1 rings (SSSR count). The molecule has 0 aromatic rings. The molecule has 0 aromatic carbocycles. The zero-order valence-electron chi connectivity index (χ0n) is 13.2. The standard InChI is InChI=1S/C15H29N3O3/c1-3-5-7-12(6-4-2)17-14(19)15(13(16)18-20)8-10-21-11-9-15/h12,20H,3-11H2,1-2H3,(H2,16,18)(H,17,19). The fourth-order valence-corrected chi connectivity index (χ4v) is 2.83. The molecule has 6 nitrogen and oxygen atoms in total. The van der Waals surface area contributed by atoms with Crippen LogP contribution in [0.3, 0.4) is 0 Å². The summed E-state index contributed by atoms with van der Waals surface area (Å²) in [5.74, 6) is -0.135. The van der Waals surface area contributed by atoms with E-state index in [0.29, 0.717) is 26.1 Å². The van der Waals surface area contributed by atoms with Gasteiger partial charge in [-0.1, -0.05) is 38.3 Å². The zero-order chi connectivity index (χ0) is 15.7. The lowest BCUT2D eigenvalue weighted by Gasteiger charge is -2.35. The molecule has 1 amide bonds. The first-order valence-electron chi connectivity index (χ1n) is 7.97. The van der Waals surface area contributed by atoms with Gasteiger partial charge in [-0.05, 0) is 25.7 Å². The second kappa shape index (κ2) is 8.87. The lowest BCUT2D eigenvalue weighted by atomic mass is 9.77. The van der Waals surface area contributed by atoms with E-state index in [4.69, 9.17) is 15.7 Å². The number of amidine groups is 1. The summed E-state index contributed by atoms with van der Waals surface area (Å²) in [6.45, 7) is 5.16. The molecule has 6 heteroatoms. The van der Waals surface area contributed by atoms with E-state index in [9.17, 15) is 4.79 Å². The summed E-state index contributed by atoms with van der Waals surface area (Å²) < 4.78 is 5.31. The highest BCUT2D eigenvalue weighted by Gasteiger charge is 2.44. The smallest absolute Gasteiger partial charge is 0.234 e. The lowest BCUT2D eigenvalue weighted by molar-refractivity contribution is -0.132. The van der Waals surface area contributed by atoms with Gasteiger partial charge in [-0.25, -0.2) is 0 Å². The number of hydrogen-bond acceptors (Lipinski definition) is 4. The number of unbranched alkanes of at least 4 members (excludes halogenated alkanes) is 1. The van der Waals surface area contributed by atoms with Crippen molar-refractivity contribution in [1.29, 1.82) is 0 Å². The summed E-state index contributed by atoms with van der Waals surface area (Å²) >= 11 is 0. The normalized spacial score (nSPS) is 20.0. The van der Waals surface area contributed by atoms with Crippen molar-refractivity contribution in [2.75, 3.05) is 13.2 Å². The Morgan fingerprint density at radius 2 is 2.00 bits per heavy atom. The van der Waals surface area contributed by atoms with E-state index in [1.165, 1.54) is 0 Å². The first-order chi connectivity index (χ1) is 10.1. The van der Waals surface area contributed by atoms with E-state index in [2.05, 4.69) is 24.3 Å². The molecular weight excluding hydrogens is 270 g/mol. The number of nitrogens with one attached hydrogen (secondary N) is 1. The van der Waals surface area contributed by atoms with Crippen LogP contribution in [0.25, 0.3) is 0 Å². The van der Waals surface area contributed by atoms with Gasteiger partial charge in [0.2, 0.25) is 5.91 Å². The zero-order valence-corrected chi connectivity index (χ0v) is 13.2. The van der Waals surface area contributed by atoms with Gasteiger partial charge in [0.15, 0.2) is 5.84 Å². The molecule has 0 aliphatic carbocycles. The SMILES string of the molecule is CCCCC(CCC)NC(=O)C1(C(N)=NO)CCOCC1. The van der Waals surface area contributed by atoms with Crippen molar-refractivity contribution in [1.82, 2.24) is 5.32 Å². The summed E-state index contributed by atoms with van der Waals surface area (Å²) in [6, 6.07) is 0.161. The van der Waals surface area contributed by atoms with Crippen molar-refractivity contribution < 1.29 is 14.7 Å². The molecule has 1 heterocycles. The third kappa shape index (κ3) is 4.59. The van der Waals surface area contributed by atoms with Crippen molar-refractivity contribution in [2.24, 2.45) is 16.3 Å². The first-order valence-corrected chi connectivity index (χ1v) is 7.97. The molecule has 0 radical (unpaired) electrons. The molecule has 4 N–H and O–H groups in total. The molecule has 1 saturated heterocycles. The van der Waals surface area contributed by atoms with Gasteiger partial charge in [-0.3, -0.25) is 4.79 Å². The molecule has 122 valence electrons. The van der Waals surface area contributed by atoms with E-state index in [0.717, 1.165) is 32.1 Å². The second-order valence-electron chi connectivity index (χ2n) is 5.78. The van der Waals surface area contributed by atoms with Crippen molar-refractivity contribution in [2.45, 2.75) is 64.8 Å². The summed E-state index contributed by atoms with van der Waals surface area (Å²) in [7, 11) is 0. The largest absolute Gasteiger partial charge is 0.409 e. The minimum Gasteiger partial charge on any atom is -0.409 e.